The standard InChI is InChI=1S/C48H45N3O5/c1-2-41(31-9-5-3-6-10-31)46(32-12-18-39(52)19-13-32)33-14-20-40(21-15-33)56-26-8-4-7-11-38-29-36-27-35(17-23-43(36)49-38)34-16-22-42-37(28-34)30-51(48(42)55)44-24-25-45(53)50-47(44)54/h3,5-6,9-10,12-23,27-29,44,49,52H,2,4,7-8,11,24-26,30H2,1H3,(H,50,53,54)/b46-41-. The number of unbranched alkanes of at least 4 members (excludes halogenated alkanes) is 2. The average molecular weight is 744 g/mol. The number of aromatic amines is 1. The van der Waals surface area contributed by atoms with Gasteiger partial charge in [-0.15, -0.1) is 0 Å². The SMILES string of the molecule is CC/C(=C(\c1ccc(O)cc1)c1ccc(OCCCCCc2cc3cc(-c4ccc5c(c4)CN(C4CCC(=O)NC4=O)C5=O)ccc3[nH]2)cc1)c1ccccc1. The molecule has 56 heavy (non-hydrogen) atoms. The van der Waals surface area contributed by atoms with Crippen molar-refractivity contribution in [3.63, 3.8) is 0 Å². The predicted molar refractivity (Wildman–Crippen MR) is 220 cm³/mol. The van der Waals surface area contributed by atoms with E-state index in [2.05, 4.69) is 77.9 Å². The molecule has 282 valence electrons. The minimum absolute atomic E-state index is 0.161. The molecule has 3 N–H and O–H groups in total. The van der Waals surface area contributed by atoms with Crippen molar-refractivity contribution in [3.8, 4) is 22.6 Å². The lowest BCUT2D eigenvalue weighted by Gasteiger charge is -2.29. The van der Waals surface area contributed by atoms with Gasteiger partial charge in [0.2, 0.25) is 11.8 Å². The van der Waals surface area contributed by atoms with Crippen molar-refractivity contribution in [2.45, 2.75) is 64.5 Å². The Kier molecular flexibility index (Phi) is 10.5. The van der Waals surface area contributed by atoms with E-state index in [0.717, 1.165) is 82.1 Å². The number of allylic oxidation sites excluding steroid dienone is 1. The zero-order valence-electron chi connectivity index (χ0n) is 31.5. The van der Waals surface area contributed by atoms with Gasteiger partial charge in [-0.2, -0.15) is 0 Å². The maximum Gasteiger partial charge on any atom is 0.255 e. The molecule has 0 spiro atoms. The zero-order chi connectivity index (χ0) is 38.6. The monoisotopic (exact) mass is 743 g/mol. The molecule has 6 aromatic rings. The van der Waals surface area contributed by atoms with Crippen molar-refractivity contribution < 1.29 is 24.2 Å². The molecule has 1 saturated heterocycles. The molecule has 3 amide bonds. The van der Waals surface area contributed by atoms with Gasteiger partial charge in [0.25, 0.3) is 5.91 Å². The molecule has 1 atom stereocenters. The van der Waals surface area contributed by atoms with E-state index in [1.165, 1.54) is 16.8 Å². The Morgan fingerprint density at radius 3 is 2.27 bits per heavy atom. The number of carbonyl (C=O) groups excluding carboxylic acids is 3. The summed E-state index contributed by atoms with van der Waals surface area (Å²) in [6.45, 7) is 3.19. The summed E-state index contributed by atoms with van der Waals surface area (Å²) >= 11 is 0. The number of phenolic OH excluding ortho intramolecular Hbond substituents is 1. The van der Waals surface area contributed by atoms with Crippen molar-refractivity contribution in [1.82, 2.24) is 15.2 Å². The lowest BCUT2D eigenvalue weighted by Crippen LogP contribution is -2.52. The second kappa shape index (κ2) is 16.1. The van der Waals surface area contributed by atoms with Crippen LogP contribution in [0.2, 0.25) is 0 Å². The third-order valence-corrected chi connectivity index (χ3v) is 11.0. The van der Waals surface area contributed by atoms with Crippen LogP contribution in [0.25, 0.3) is 33.2 Å². The molecule has 1 fully saturated rings. The fourth-order valence-corrected chi connectivity index (χ4v) is 8.07. The number of aryl methyl sites for hydroxylation is 1. The maximum absolute atomic E-state index is 13.1. The molecule has 1 aromatic heterocycles. The summed E-state index contributed by atoms with van der Waals surface area (Å²) in [5.74, 6) is 0.260. The smallest absolute Gasteiger partial charge is 0.255 e. The number of aromatic nitrogens is 1. The number of rotatable bonds is 13. The van der Waals surface area contributed by atoms with Crippen molar-refractivity contribution >= 4 is 39.8 Å². The third-order valence-electron chi connectivity index (χ3n) is 11.0. The highest BCUT2D eigenvalue weighted by Gasteiger charge is 2.39. The minimum Gasteiger partial charge on any atom is -0.508 e. The number of H-pyrrole nitrogens is 1. The first-order valence-corrected chi connectivity index (χ1v) is 19.6. The van der Waals surface area contributed by atoms with Gasteiger partial charge in [-0.25, -0.2) is 0 Å². The van der Waals surface area contributed by atoms with Crippen LogP contribution in [0, 0.1) is 0 Å². The maximum atomic E-state index is 13.1. The van der Waals surface area contributed by atoms with Crippen molar-refractivity contribution in [2.75, 3.05) is 6.61 Å². The van der Waals surface area contributed by atoms with E-state index in [9.17, 15) is 19.5 Å². The first kappa shape index (κ1) is 36.6. The van der Waals surface area contributed by atoms with Crippen LogP contribution in [-0.2, 0) is 22.6 Å². The molecule has 0 radical (unpaired) electrons. The van der Waals surface area contributed by atoms with E-state index in [4.69, 9.17) is 4.74 Å². The number of aromatic hydroxyl groups is 1. The molecule has 8 rings (SSSR count). The highest BCUT2D eigenvalue weighted by atomic mass is 16.5. The summed E-state index contributed by atoms with van der Waals surface area (Å²) in [5, 5.41) is 13.5. The molecule has 3 heterocycles. The summed E-state index contributed by atoms with van der Waals surface area (Å²) in [5.41, 5.74) is 11.7. The number of hydrogen-bond acceptors (Lipinski definition) is 5. The fourth-order valence-electron chi connectivity index (χ4n) is 8.07. The van der Waals surface area contributed by atoms with Crippen molar-refractivity contribution in [3.05, 3.63) is 155 Å². The summed E-state index contributed by atoms with van der Waals surface area (Å²) in [4.78, 5) is 42.4. The molecule has 0 aliphatic carbocycles. The van der Waals surface area contributed by atoms with Gasteiger partial charge in [0, 0.05) is 35.1 Å². The molecule has 8 nitrogen and oxygen atoms in total. The van der Waals surface area contributed by atoms with Gasteiger partial charge in [-0.05, 0) is 138 Å². The molecule has 5 aromatic carbocycles. The summed E-state index contributed by atoms with van der Waals surface area (Å²) in [7, 11) is 0. The van der Waals surface area contributed by atoms with Crippen LogP contribution < -0.4 is 10.1 Å². The van der Waals surface area contributed by atoms with Crippen LogP contribution in [0.4, 0.5) is 0 Å². The normalized spacial score (nSPS) is 15.8. The Balaban J connectivity index is 0.849. The van der Waals surface area contributed by atoms with Gasteiger partial charge in [0.05, 0.1) is 6.61 Å². The number of ether oxygens (including phenoxy) is 1. The number of benzene rings is 5. The van der Waals surface area contributed by atoms with E-state index < -0.39 is 11.9 Å². The second-order valence-electron chi connectivity index (χ2n) is 14.7. The molecule has 8 heteroatoms. The molecule has 2 aliphatic rings. The van der Waals surface area contributed by atoms with Gasteiger partial charge in [-0.3, -0.25) is 19.7 Å². The Morgan fingerprint density at radius 2 is 1.52 bits per heavy atom. The average Bonchev–Trinajstić information content (AvgIpc) is 3.78. The largest absolute Gasteiger partial charge is 0.508 e. The topological polar surface area (TPSA) is 112 Å². The summed E-state index contributed by atoms with van der Waals surface area (Å²) in [6, 6.07) is 40.1. The van der Waals surface area contributed by atoms with Crippen molar-refractivity contribution in [2.24, 2.45) is 0 Å². The number of imide groups is 1. The number of piperidine rings is 1. The van der Waals surface area contributed by atoms with E-state index in [0.29, 0.717) is 25.1 Å². The van der Waals surface area contributed by atoms with E-state index in [-0.39, 0.29) is 24.0 Å². The quantitative estimate of drug-likeness (QED) is 0.0620. The fraction of sp³-hybridized carbons (Fsp3) is 0.229. The Labute approximate surface area is 326 Å². The van der Waals surface area contributed by atoms with E-state index in [1.807, 2.05) is 48.5 Å². The van der Waals surface area contributed by atoms with Crippen LogP contribution in [0.1, 0.15) is 83.8 Å². The number of carbonyl (C=O) groups is 3. The predicted octanol–water partition coefficient (Wildman–Crippen LogP) is 9.46. The van der Waals surface area contributed by atoms with Crippen LogP contribution in [0.3, 0.4) is 0 Å². The molecule has 2 aliphatic heterocycles. The van der Waals surface area contributed by atoms with Crippen molar-refractivity contribution in [1.29, 1.82) is 0 Å². The minimum atomic E-state index is -0.619. The number of phenols is 1. The molecule has 0 saturated carbocycles. The van der Waals surface area contributed by atoms with Gasteiger partial charge in [0.1, 0.15) is 17.5 Å². The first-order chi connectivity index (χ1) is 27.3. The second-order valence-corrected chi connectivity index (χ2v) is 14.7. The first-order valence-electron chi connectivity index (χ1n) is 19.6. The van der Waals surface area contributed by atoms with Crippen LogP contribution >= 0.6 is 0 Å². The van der Waals surface area contributed by atoms with E-state index in [1.54, 1.807) is 17.0 Å². The van der Waals surface area contributed by atoms with Gasteiger partial charge >= 0.3 is 0 Å². The summed E-state index contributed by atoms with van der Waals surface area (Å²) < 4.78 is 6.16. The summed E-state index contributed by atoms with van der Waals surface area (Å²) in [6.07, 6.45) is 5.46. The number of nitrogens with one attached hydrogen (secondary N) is 2. The molecule has 0 bridgehead atoms. The Hall–Kier alpha value is -6.41. The van der Waals surface area contributed by atoms with Gasteiger partial charge < -0.3 is 19.7 Å². The van der Waals surface area contributed by atoms with Crippen LogP contribution in [-0.4, -0.2) is 45.4 Å². The van der Waals surface area contributed by atoms with Crippen LogP contribution in [0.15, 0.2) is 121 Å². The lowest BCUT2D eigenvalue weighted by atomic mass is 9.88. The highest BCUT2D eigenvalue weighted by Crippen LogP contribution is 2.36. The molecular weight excluding hydrogens is 699 g/mol. The van der Waals surface area contributed by atoms with E-state index >= 15 is 0 Å². The third kappa shape index (κ3) is 7.73. The highest BCUT2D eigenvalue weighted by molar-refractivity contribution is 6.05. The number of nitrogens with zero attached hydrogens (tertiary/aromatic N) is 1. The number of hydrogen-bond donors (Lipinski definition) is 3. The lowest BCUT2D eigenvalue weighted by molar-refractivity contribution is -0.136. The van der Waals surface area contributed by atoms with Gasteiger partial charge in [0.15, 0.2) is 0 Å². The zero-order valence-corrected chi connectivity index (χ0v) is 31.5. The van der Waals surface area contributed by atoms with Crippen LogP contribution in [0.5, 0.6) is 11.5 Å². The Bertz CT molecular complexity index is 2430. The Morgan fingerprint density at radius 1 is 0.786 bits per heavy atom. The van der Waals surface area contributed by atoms with Gasteiger partial charge in [-0.1, -0.05) is 73.7 Å². The number of fused-ring (bicyclic) bond motifs is 2. The molecular formula is C48H45N3O5. The number of amides is 3. The molecule has 1 unspecified atom stereocenters.